The van der Waals surface area contributed by atoms with Gasteiger partial charge in [0.25, 0.3) is 10.1 Å². The number of rotatable bonds is 11. The molecule has 0 saturated carbocycles. The molecule has 0 atom stereocenters. The second-order valence-electron chi connectivity index (χ2n) is 6.64. The summed E-state index contributed by atoms with van der Waals surface area (Å²) in [5.74, 6) is -0.232. The molecular formula is C21H27NaO5S. The Kier molecular flexibility index (Phi) is 11.2. The Hall–Kier alpha value is -1.05. The normalized spacial score (nSPS) is 11.1. The zero-order valence-corrected chi connectivity index (χ0v) is 19.5. The summed E-state index contributed by atoms with van der Waals surface area (Å²) in [6.45, 7) is 2.19. The van der Waals surface area contributed by atoms with Crippen LogP contribution in [0.4, 0.5) is 0 Å². The number of para-hydroxylation sites is 2. The summed E-state index contributed by atoms with van der Waals surface area (Å²) in [5, 5.41) is 12.3. The molecular weight excluding hydrogens is 387 g/mol. The fourth-order valence-electron chi connectivity index (χ4n) is 3.00. The minimum Gasteiger partial charge on any atom is -0.870 e. The van der Waals surface area contributed by atoms with Gasteiger partial charge in [-0.3, -0.25) is 4.55 Å². The van der Waals surface area contributed by atoms with Crippen LogP contribution in [0.1, 0.15) is 57.4 Å². The monoisotopic (exact) mass is 414 g/mol. The molecule has 0 aliphatic heterocycles. The standard InChI is InChI=1S/C21H28O5S.Na/c1-2-3-4-5-6-7-8-12-17-13-11-14-18(22)21(17)26-19-15-9-10-16-20(19)27(23,24)25;/h9-11,13-16,22H,2-8,12H2,1H3,(H,23,24,25);/q;+1/p-1. The van der Waals surface area contributed by atoms with Crippen LogP contribution in [0.15, 0.2) is 47.4 Å². The van der Waals surface area contributed by atoms with E-state index in [1.807, 2.05) is 6.07 Å². The van der Waals surface area contributed by atoms with Crippen LogP contribution in [0.2, 0.25) is 0 Å². The third kappa shape index (κ3) is 7.76. The number of aryl methyl sites for hydroxylation is 1. The van der Waals surface area contributed by atoms with Gasteiger partial charge in [-0.25, -0.2) is 0 Å². The first-order valence-electron chi connectivity index (χ1n) is 9.46. The molecule has 0 amide bonds. The summed E-state index contributed by atoms with van der Waals surface area (Å²) >= 11 is 0. The number of hydrogen-bond donors (Lipinski definition) is 1. The summed E-state index contributed by atoms with van der Waals surface area (Å²) in [7, 11) is -4.44. The van der Waals surface area contributed by atoms with Crippen LogP contribution in [0.3, 0.4) is 0 Å². The molecule has 148 valence electrons. The zero-order chi connectivity index (χ0) is 19.7. The summed E-state index contributed by atoms with van der Waals surface area (Å²) in [4.78, 5) is -0.352. The van der Waals surface area contributed by atoms with Crippen molar-refractivity contribution in [2.45, 2.75) is 63.2 Å². The molecule has 2 aromatic rings. The van der Waals surface area contributed by atoms with E-state index in [4.69, 9.17) is 4.74 Å². The molecule has 1 N–H and O–H groups in total. The number of benzene rings is 2. The smallest absolute Gasteiger partial charge is 0.870 e. The fourth-order valence-corrected chi connectivity index (χ4v) is 3.62. The number of hydrogen-bond acceptors (Lipinski definition) is 4. The van der Waals surface area contributed by atoms with Crippen LogP contribution in [0, 0.1) is 0 Å². The van der Waals surface area contributed by atoms with E-state index < -0.39 is 10.1 Å². The van der Waals surface area contributed by atoms with E-state index in [-0.39, 0.29) is 51.7 Å². The number of unbranched alkanes of at least 4 members (excludes halogenated alkanes) is 6. The molecule has 0 saturated heterocycles. The third-order valence-electron chi connectivity index (χ3n) is 4.45. The molecule has 0 spiro atoms. The van der Waals surface area contributed by atoms with Crippen molar-refractivity contribution in [3.05, 3.63) is 48.0 Å². The van der Waals surface area contributed by atoms with Crippen LogP contribution in [0.5, 0.6) is 17.2 Å². The van der Waals surface area contributed by atoms with Gasteiger partial charge in [0.15, 0.2) is 0 Å². The Labute approximate surface area is 190 Å². The second-order valence-corrected chi connectivity index (χ2v) is 8.03. The summed E-state index contributed by atoms with van der Waals surface area (Å²) in [6, 6.07) is 10.6. The average Bonchev–Trinajstić information content (AvgIpc) is 2.63. The Morgan fingerprint density at radius 2 is 1.57 bits per heavy atom. The molecule has 0 aliphatic carbocycles. The fraction of sp³-hybridized carbons (Fsp3) is 0.429. The van der Waals surface area contributed by atoms with Crippen LogP contribution in [-0.2, 0) is 16.5 Å². The van der Waals surface area contributed by atoms with E-state index in [0.29, 0.717) is 6.42 Å². The van der Waals surface area contributed by atoms with Gasteiger partial charge in [-0.05, 0) is 30.5 Å². The first-order valence-corrected chi connectivity index (χ1v) is 10.9. The van der Waals surface area contributed by atoms with Gasteiger partial charge in [0, 0.05) is 0 Å². The predicted octanol–water partition coefficient (Wildman–Crippen LogP) is 2.10. The molecule has 0 radical (unpaired) electrons. The Balaban J connectivity index is 0.00000392. The van der Waals surface area contributed by atoms with E-state index in [1.165, 1.54) is 56.4 Å². The minimum absolute atomic E-state index is 0. The van der Waals surface area contributed by atoms with Crippen LogP contribution in [-0.4, -0.2) is 13.0 Å². The largest absolute Gasteiger partial charge is 1.00 e. The third-order valence-corrected chi connectivity index (χ3v) is 5.34. The number of ether oxygens (including phenoxy) is 1. The van der Waals surface area contributed by atoms with Crippen molar-refractivity contribution >= 4 is 10.1 Å². The van der Waals surface area contributed by atoms with Gasteiger partial charge in [0.05, 0.1) is 0 Å². The second kappa shape index (κ2) is 12.5. The van der Waals surface area contributed by atoms with Gasteiger partial charge in [-0.2, -0.15) is 8.42 Å². The summed E-state index contributed by atoms with van der Waals surface area (Å²) in [5.41, 5.74) is 0.751. The van der Waals surface area contributed by atoms with E-state index >= 15 is 0 Å². The Bertz CT molecular complexity index is 836. The molecule has 28 heavy (non-hydrogen) atoms. The van der Waals surface area contributed by atoms with Gasteiger partial charge in [-0.1, -0.05) is 81.5 Å². The zero-order valence-electron chi connectivity index (χ0n) is 16.7. The molecule has 0 aromatic heterocycles. The molecule has 2 rings (SSSR count). The van der Waals surface area contributed by atoms with E-state index in [9.17, 15) is 18.1 Å². The van der Waals surface area contributed by atoms with E-state index in [1.54, 1.807) is 12.1 Å². The van der Waals surface area contributed by atoms with Crippen LogP contribution in [0.25, 0.3) is 0 Å². The molecule has 0 heterocycles. The minimum atomic E-state index is -4.44. The maximum Gasteiger partial charge on any atom is 1.00 e. The van der Waals surface area contributed by atoms with Crippen molar-refractivity contribution in [2.75, 3.05) is 0 Å². The van der Waals surface area contributed by atoms with Gasteiger partial charge >= 0.3 is 29.6 Å². The van der Waals surface area contributed by atoms with Crippen LogP contribution >= 0.6 is 0 Å². The first-order chi connectivity index (χ1) is 12.9. The van der Waals surface area contributed by atoms with Crippen molar-refractivity contribution in [3.63, 3.8) is 0 Å². The molecule has 2 aromatic carbocycles. The molecule has 0 fully saturated rings. The van der Waals surface area contributed by atoms with Gasteiger partial charge < -0.3 is 9.84 Å². The maximum absolute atomic E-state index is 12.3. The molecule has 0 unspecified atom stereocenters. The predicted molar refractivity (Wildman–Crippen MR) is 104 cm³/mol. The Morgan fingerprint density at radius 1 is 0.929 bits per heavy atom. The Morgan fingerprint density at radius 3 is 2.25 bits per heavy atom. The van der Waals surface area contributed by atoms with Gasteiger partial charge in [-0.15, -0.1) is 0 Å². The maximum atomic E-state index is 12.3. The first kappa shape index (κ1) is 25.0. The van der Waals surface area contributed by atoms with Crippen LogP contribution < -0.4 is 39.4 Å². The van der Waals surface area contributed by atoms with Crippen molar-refractivity contribution < 1.29 is 52.4 Å². The average molecular weight is 414 g/mol. The van der Waals surface area contributed by atoms with E-state index in [2.05, 4.69) is 6.92 Å². The molecule has 7 heteroatoms. The molecule has 0 aliphatic rings. The summed E-state index contributed by atoms with van der Waals surface area (Å²) < 4.78 is 38.1. The molecule has 5 nitrogen and oxygen atoms in total. The summed E-state index contributed by atoms with van der Waals surface area (Å²) in [6.07, 6.45) is 8.84. The van der Waals surface area contributed by atoms with Crippen molar-refractivity contribution in [1.82, 2.24) is 0 Å². The van der Waals surface area contributed by atoms with Crippen molar-refractivity contribution in [2.24, 2.45) is 0 Å². The topological polar surface area (TPSA) is 86.7 Å². The SMILES string of the molecule is CCCCCCCCCc1cccc([O-])c1Oc1ccccc1S(=O)(=O)O.[Na+]. The van der Waals surface area contributed by atoms with Crippen molar-refractivity contribution in [1.29, 1.82) is 0 Å². The van der Waals surface area contributed by atoms with Crippen molar-refractivity contribution in [3.8, 4) is 17.2 Å². The van der Waals surface area contributed by atoms with Gasteiger partial charge in [0.2, 0.25) is 0 Å². The quantitative estimate of drug-likeness (QED) is 0.346. The van der Waals surface area contributed by atoms with E-state index in [0.717, 1.165) is 18.4 Å². The van der Waals surface area contributed by atoms with Gasteiger partial charge in [0.1, 0.15) is 16.4 Å². The molecule has 0 bridgehead atoms.